The number of carbonyl (C=O) groups is 1. The molecule has 0 fully saturated rings. The van der Waals surface area contributed by atoms with E-state index < -0.39 is 18.6 Å². The van der Waals surface area contributed by atoms with Crippen LogP contribution >= 0.6 is 0 Å². The zero-order valence-electron chi connectivity index (χ0n) is 11.1. The molecule has 2 aromatic rings. The molecule has 0 bridgehead atoms. The Morgan fingerprint density at radius 2 is 2.05 bits per heavy atom. The lowest BCUT2D eigenvalue weighted by Crippen LogP contribution is -2.41. The van der Waals surface area contributed by atoms with E-state index in [9.17, 15) is 18.0 Å². The molecule has 0 unspecified atom stereocenters. The number of alkyl halides is 3. The highest BCUT2D eigenvalue weighted by Gasteiger charge is 2.33. The quantitative estimate of drug-likeness (QED) is 0.941. The third-order valence-corrected chi connectivity index (χ3v) is 2.91. The van der Waals surface area contributed by atoms with E-state index in [4.69, 9.17) is 5.73 Å². The van der Waals surface area contributed by atoms with Crippen LogP contribution in [0.15, 0.2) is 36.5 Å². The first-order valence-electron chi connectivity index (χ1n) is 6.31. The van der Waals surface area contributed by atoms with Crippen molar-refractivity contribution in [2.24, 2.45) is 5.73 Å². The summed E-state index contributed by atoms with van der Waals surface area (Å²) >= 11 is 0. The van der Waals surface area contributed by atoms with Crippen LogP contribution in [0.5, 0.6) is 0 Å². The van der Waals surface area contributed by atoms with Gasteiger partial charge in [-0.3, -0.25) is 9.78 Å². The Labute approximate surface area is 119 Å². The van der Waals surface area contributed by atoms with E-state index >= 15 is 0 Å². The maximum atomic E-state index is 12.5. The summed E-state index contributed by atoms with van der Waals surface area (Å²) in [5.41, 5.74) is 6.15. The third kappa shape index (κ3) is 3.91. The van der Waals surface area contributed by atoms with Crippen molar-refractivity contribution >= 4 is 16.8 Å². The Hall–Kier alpha value is -2.15. The zero-order chi connectivity index (χ0) is 15.5. The molecule has 21 heavy (non-hydrogen) atoms. The number of rotatable bonds is 4. The molecule has 7 heteroatoms. The number of pyridine rings is 1. The van der Waals surface area contributed by atoms with E-state index in [-0.39, 0.29) is 18.7 Å². The number of halogens is 3. The van der Waals surface area contributed by atoms with E-state index in [1.165, 1.54) is 12.1 Å². The van der Waals surface area contributed by atoms with Gasteiger partial charge in [-0.15, -0.1) is 0 Å². The minimum atomic E-state index is -4.46. The van der Waals surface area contributed by atoms with Gasteiger partial charge in [0.25, 0.3) is 5.91 Å². The van der Waals surface area contributed by atoms with Crippen LogP contribution in [0.3, 0.4) is 0 Å². The van der Waals surface area contributed by atoms with Crippen molar-refractivity contribution in [3.8, 4) is 0 Å². The average molecular weight is 297 g/mol. The highest BCUT2D eigenvalue weighted by Crippen LogP contribution is 2.19. The van der Waals surface area contributed by atoms with Crippen LogP contribution in [-0.2, 0) is 0 Å². The van der Waals surface area contributed by atoms with Gasteiger partial charge in [-0.2, -0.15) is 13.2 Å². The van der Waals surface area contributed by atoms with Gasteiger partial charge in [-0.25, -0.2) is 0 Å². The van der Waals surface area contributed by atoms with E-state index in [0.717, 1.165) is 0 Å². The summed E-state index contributed by atoms with van der Waals surface area (Å²) in [5.74, 6) is -0.691. The largest absolute Gasteiger partial charge is 0.406 e. The van der Waals surface area contributed by atoms with E-state index in [0.29, 0.717) is 15.8 Å². The van der Waals surface area contributed by atoms with Crippen molar-refractivity contribution in [1.29, 1.82) is 0 Å². The molecule has 0 aliphatic rings. The summed E-state index contributed by atoms with van der Waals surface area (Å²) in [5, 5.41) is 0.697. The number of aromatic nitrogens is 1. The summed E-state index contributed by atoms with van der Waals surface area (Å²) < 4.78 is 37.5. The molecule has 2 N–H and O–H groups in total. The highest BCUT2D eigenvalue weighted by molar-refractivity contribution is 5.97. The number of carbonyl (C=O) groups excluding carboxylic acids is 1. The first-order chi connectivity index (χ1) is 9.90. The third-order valence-electron chi connectivity index (χ3n) is 2.91. The van der Waals surface area contributed by atoms with Gasteiger partial charge in [0.1, 0.15) is 6.54 Å². The van der Waals surface area contributed by atoms with Crippen molar-refractivity contribution in [2.75, 3.05) is 19.6 Å². The van der Waals surface area contributed by atoms with Crippen molar-refractivity contribution in [2.45, 2.75) is 6.18 Å². The van der Waals surface area contributed by atoms with Gasteiger partial charge in [0.2, 0.25) is 0 Å². The van der Waals surface area contributed by atoms with Crippen molar-refractivity contribution in [3.63, 3.8) is 0 Å². The second-order valence-corrected chi connectivity index (χ2v) is 4.54. The smallest absolute Gasteiger partial charge is 0.329 e. The number of benzene rings is 1. The minimum Gasteiger partial charge on any atom is -0.329 e. The van der Waals surface area contributed by atoms with Crippen LogP contribution < -0.4 is 5.73 Å². The van der Waals surface area contributed by atoms with Crippen molar-refractivity contribution in [3.05, 3.63) is 42.1 Å². The van der Waals surface area contributed by atoms with Gasteiger partial charge >= 0.3 is 6.18 Å². The predicted molar refractivity (Wildman–Crippen MR) is 72.8 cm³/mol. The Morgan fingerprint density at radius 1 is 1.29 bits per heavy atom. The molecule has 2 rings (SSSR count). The van der Waals surface area contributed by atoms with E-state index in [1.807, 2.05) is 0 Å². The summed E-state index contributed by atoms with van der Waals surface area (Å²) in [6.07, 6.45) is -2.85. The van der Waals surface area contributed by atoms with Crippen LogP contribution in [0.4, 0.5) is 13.2 Å². The van der Waals surface area contributed by atoms with Crippen LogP contribution in [0.2, 0.25) is 0 Å². The number of amides is 1. The molecular formula is C14H14F3N3O. The Balaban J connectivity index is 2.29. The SMILES string of the molecule is NCCN(CC(F)(F)F)C(=O)c1ccc2ncccc2c1. The van der Waals surface area contributed by atoms with Gasteiger partial charge in [0.05, 0.1) is 5.52 Å². The Morgan fingerprint density at radius 3 is 2.71 bits per heavy atom. The topological polar surface area (TPSA) is 59.2 Å². The second kappa shape index (κ2) is 6.09. The maximum Gasteiger partial charge on any atom is 0.406 e. The lowest BCUT2D eigenvalue weighted by atomic mass is 10.1. The number of nitrogens with two attached hydrogens (primary N) is 1. The van der Waals surface area contributed by atoms with Gasteiger partial charge in [-0.05, 0) is 24.3 Å². The summed E-state index contributed by atoms with van der Waals surface area (Å²) in [4.78, 5) is 17.0. The highest BCUT2D eigenvalue weighted by atomic mass is 19.4. The summed E-state index contributed by atoms with van der Waals surface area (Å²) in [6.45, 7) is -1.49. The lowest BCUT2D eigenvalue weighted by molar-refractivity contribution is -0.140. The van der Waals surface area contributed by atoms with Gasteiger partial charge in [-0.1, -0.05) is 6.07 Å². The molecule has 4 nitrogen and oxygen atoms in total. The molecule has 0 atom stereocenters. The van der Waals surface area contributed by atoms with E-state index in [2.05, 4.69) is 4.98 Å². The molecule has 0 saturated heterocycles. The van der Waals surface area contributed by atoms with Crippen LogP contribution in [0.1, 0.15) is 10.4 Å². The molecule has 0 spiro atoms. The molecule has 1 heterocycles. The molecular weight excluding hydrogens is 283 g/mol. The standard InChI is InChI=1S/C14H14F3N3O/c15-14(16,17)9-20(7-5-18)13(21)11-3-4-12-10(8-11)2-1-6-19-12/h1-4,6,8H,5,7,9,18H2. The molecule has 1 amide bonds. The molecule has 0 saturated carbocycles. The number of nitrogens with zero attached hydrogens (tertiary/aromatic N) is 2. The average Bonchev–Trinajstić information content (AvgIpc) is 2.44. The molecule has 1 aromatic heterocycles. The van der Waals surface area contributed by atoms with Gasteiger partial charge < -0.3 is 10.6 Å². The molecule has 112 valence electrons. The minimum absolute atomic E-state index is 0.0308. The van der Waals surface area contributed by atoms with Gasteiger partial charge in [0, 0.05) is 30.2 Å². The summed E-state index contributed by atoms with van der Waals surface area (Å²) in [6, 6.07) is 8.05. The molecule has 0 aliphatic carbocycles. The number of hydrogen-bond acceptors (Lipinski definition) is 3. The number of fused-ring (bicyclic) bond motifs is 1. The first-order valence-corrected chi connectivity index (χ1v) is 6.31. The second-order valence-electron chi connectivity index (χ2n) is 4.54. The normalized spacial score (nSPS) is 11.6. The Bertz CT molecular complexity index is 643. The number of hydrogen-bond donors (Lipinski definition) is 1. The van der Waals surface area contributed by atoms with Crippen LogP contribution in [-0.4, -0.2) is 41.6 Å². The Kier molecular flexibility index (Phi) is 4.42. The zero-order valence-corrected chi connectivity index (χ0v) is 11.1. The molecule has 1 aromatic carbocycles. The van der Waals surface area contributed by atoms with Gasteiger partial charge in [0.15, 0.2) is 0 Å². The van der Waals surface area contributed by atoms with Crippen LogP contribution in [0, 0.1) is 0 Å². The van der Waals surface area contributed by atoms with Crippen LogP contribution in [0.25, 0.3) is 10.9 Å². The monoisotopic (exact) mass is 297 g/mol. The fraction of sp³-hybridized carbons (Fsp3) is 0.286. The maximum absolute atomic E-state index is 12.5. The van der Waals surface area contributed by atoms with Crippen molar-refractivity contribution < 1.29 is 18.0 Å². The van der Waals surface area contributed by atoms with E-state index in [1.54, 1.807) is 24.4 Å². The lowest BCUT2D eigenvalue weighted by Gasteiger charge is -2.23. The molecule has 0 aliphatic heterocycles. The fourth-order valence-corrected chi connectivity index (χ4v) is 2.02. The molecule has 0 radical (unpaired) electrons. The first kappa shape index (κ1) is 15.2. The van der Waals surface area contributed by atoms with Crippen molar-refractivity contribution in [1.82, 2.24) is 9.88 Å². The summed E-state index contributed by atoms with van der Waals surface area (Å²) in [7, 11) is 0. The predicted octanol–water partition coefficient (Wildman–Crippen LogP) is 2.20. The fourth-order valence-electron chi connectivity index (χ4n) is 2.02.